The minimum atomic E-state index is -0.941. The maximum absolute atomic E-state index is 13.8. The lowest BCUT2D eigenvalue weighted by molar-refractivity contribution is 0.0932. The number of nitrogens with zero attached hydrogens (tertiary/aromatic N) is 2. The Hall–Kier alpha value is -2.28. The lowest BCUT2D eigenvalue weighted by Gasteiger charge is -2.22. The second-order valence-electron chi connectivity index (χ2n) is 6.02. The maximum Gasteiger partial charge on any atom is 0.272 e. The number of piperidine rings is 1. The molecule has 7 heteroatoms. The van der Waals surface area contributed by atoms with Gasteiger partial charge in [-0.2, -0.15) is 5.10 Å². The van der Waals surface area contributed by atoms with Gasteiger partial charge in [-0.05, 0) is 38.4 Å². The highest BCUT2D eigenvalue weighted by molar-refractivity contribution is 5.92. The van der Waals surface area contributed by atoms with E-state index in [0.29, 0.717) is 0 Å². The van der Waals surface area contributed by atoms with Crippen molar-refractivity contribution in [1.29, 1.82) is 0 Å². The first-order valence-corrected chi connectivity index (χ1v) is 8.07. The molecule has 1 aliphatic heterocycles. The van der Waals surface area contributed by atoms with E-state index >= 15 is 0 Å². The summed E-state index contributed by atoms with van der Waals surface area (Å²) in [6, 6.07) is 5.14. The van der Waals surface area contributed by atoms with Crippen molar-refractivity contribution in [2.24, 2.45) is 0 Å². The zero-order valence-corrected chi connectivity index (χ0v) is 13.4. The molecule has 2 aromatic rings. The van der Waals surface area contributed by atoms with E-state index in [9.17, 15) is 13.6 Å². The Morgan fingerprint density at radius 1 is 1.42 bits per heavy atom. The highest BCUT2D eigenvalue weighted by Crippen LogP contribution is 2.20. The van der Waals surface area contributed by atoms with E-state index in [-0.39, 0.29) is 17.3 Å². The van der Waals surface area contributed by atoms with Crippen molar-refractivity contribution in [3.63, 3.8) is 0 Å². The largest absolute Gasteiger partial charge is 0.344 e. The molecule has 128 valence electrons. The van der Waals surface area contributed by atoms with E-state index in [1.54, 1.807) is 23.9 Å². The average molecular weight is 334 g/mol. The minimum Gasteiger partial charge on any atom is -0.344 e. The Kier molecular flexibility index (Phi) is 4.89. The van der Waals surface area contributed by atoms with Crippen LogP contribution in [0.3, 0.4) is 0 Å². The number of hydrogen-bond donors (Lipinski definition) is 2. The molecule has 2 unspecified atom stereocenters. The SMILES string of the molecule is CC(NC(=O)c1ccn(C2CCCNC2)n1)c1cccc(F)c1F. The van der Waals surface area contributed by atoms with E-state index in [1.807, 2.05) is 0 Å². The quantitative estimate of drug-likeness (QED) is 0.903. The molecular weight excluding hydrogens is 314 g/mol. The zero-order valence-electron chi connectivity index (χ0n) is 13.4. The van der Waals surface area contributed by atoms with Gasteiger partial charge in [0.1, 0.15) is 5.69 Å². The van der Waals surface area contributed by atoms with Crippen LogP contribution in [0.1, 0.15) is 47.9 Å². The van der Waals surface area contributed by atoms with Gasteiger partial charge in [0.05, 0.1) is 12.1 Å². The van der Waals surface area contributed by atoms with Gasteiger partial charge in [-0.25, -0.2) is 8.78 Å². The lowest BCUT2D eigenvalue weighted by Crippen LogP contribution is -2.32. The molecule has 2 heterocycles. The molecule has 5 nitrogen and oxygen atoms in total. The number of amides is 1. The number of hydrogen-bond acceptors (Lipinski definition) is 3. The Morgan fingerprint density at radius 3 is 3.00 bits per heavy atom. The van der Waals surface area contributed by atoms with Gasteiger partial charge in [0.2, 0.25) is 0 Å². The van der Waals surface area contributed by atoms with E-state index in [0.717, 1.165) is 32.0 Å². The molecule has 2 atom stereocenters. The molecule has 1 aromatic heterocycles. The van der Waals surface area contributed by atoms with Gasteiger partial charge in [0.15, 0.2) is 11.6 Å². The summed E-state index contributed by atoms with van der Waals surface area (Å²) in [5.41, 5.74) is 0.378. The van der Waals surface area contributed by atoms with Crippen LogP contribution < -0.4 is 10.6 Å². The van der Waals surface area contributed by atoms with Gasteiger partial charge in [-0.3, -0.25) is 9.48 Å². The van der Waals surface area contributed by atoms with Gasteiger partial charge in [-0.15, -0.1) is 0 Å². The third-order valence-electron chi connectivity index (χ3n) is 4.28. The Morgan fingerprint density at radius 2 is 2.25 bits per heavy atom. The van der Waals surface area contributed by atoms with Crippen LogP contribution >= 0.6 is 0 Å². The van der Waals surface area contributed by atoms with Crippen LogP contribution in [0.15, 0.2) is 30.5 Å². The molecule has 1 aromatic carbocycles. The van der Waals surface area contributed by atoms with Gasteiger partial charge < -0.3 is 10.6 Å². The predicted molar refractivity (Wildman–Crippen MR) is 85.6 cm³/mol. The van der Waals surface area contributed by atoms with Crippen molar-refractivity contribution < 1.29 is 13.6 Å². The fourth-order valence-electron chi connectivity index (χ4n) is 2.92. The summed E-state index contributed by atoms with van der Waals surface area (Å²) >= 11 is 0. The normalized spacial score (nSPS) is 19.0. The van der Waals surface area contributed by atoms with Crippen LogP contribution in [-0.2, 0) is 0 Å². The standard InChI is InChI=1S/C17H20F2N4O/c1-11(13-5-2-6-14(18)16(13)19)21-17(24)15-7-9-23(22-15)12-4-3-8-20-10-12/h2,5-7,9,11-12,20H,3-4,8,10H2,1H3,(H,21,24). The summed E-state index contributed by atoms with van der Waals surface area (Å²) in [7, 11) is 0. The van der Waals surface area contributed by atoms with Gasteiger partial charge in [0, 0.05) is 18.3 Å². The fraction of sp³-hybridized carbons (Fsp3) is 0.412. The second kappa shape index (κ2) is 7.09. The summed E-state index contributed by atoms with van der Waals surface area (Å²) < 4.78 is 28.9. The summed E-state index contributed by atoms with van der Waals surface area (Å²) in [5.74, 6) is -2.28. The van der Waals surface area contributed by atoms with Crippen molar-refractivity contribution >= 4 is 5.91 Å². The van der Waals surface area contributed by atoms with E-state index in [2.05, 4.69) is 15.7 Å². The van der Waals surface area contributed by atoms with Crippen molar-refractivity contribution in [2.75, 3.05) is 13.1 Å². The number of nitrogens with one attached hydrogen (secondary N) is 2. The summed E-state index contributed by atoms with van der Waals surface area (Å²) in [6.45, 7) is 3.44. The summed E-state index contributed by atoms with van der Waals surface area (Å²) in [6.07, 6.45) is 3.86. The van der Waals surface area contributed by atoms with E-state index < -0.39 is 23.6 Å². The third-order valence-corrected chi connectivity index (χ3v) is 4.28. The summed E-state index contributed by atoms with van der Waals surface area (Å²) in [4.78, 5) is 12.3. The van der Waals surface area contributed by atoms with Crippen LogP contribution in [-0.4, -0.2) is 28.8 Å². The van der Waals surface area contributed by atoms with Gasteiger partial charge >= 0.3 is 0 Å². The Labute approximate surface area is 139 Å². The second-order valence-corrected chi connectivity index (χ2v) is 6.02. The van der Waals surface area contributed by atoms with Gasteiger partial charge in [-0.1, -0.05) is 12.1 Å². The Balaban J connectivity index is 1.68. The topological polar surface area (TPSA) is 59.0 Å². The van der Waals surface area contributed by atoms with Crippen molar-refractivity contribution in [3.05, 3.63) is 53.4 Å². The molecule has 1 aliphatic rings. The maximum atomic E-state index is 13.8. The van der Waals surface area contributed by atoms with Crippen LogP contribution in [0.25, 0.3) is 0 Å². The molecule has 3 rings (SSSR count). The number of rotatable bonds is 4. The number of aromatic nitrogens is 2. The van der Waals surface area contributed by atoms with Crippen LogP contribution in [0.4, 0.5) is 8.78 Å². The molecule has 1 saturated heterocycles. The third kappa shape index (κ3) is 3.46. The summed E-state index contributed by atoms with van der Waals surface area (Å²) in [5, 5.41) is 10.3. The molecule has 0 bridgehead atoms. The van der Waals surface area contributed by atoms with Crippen LogP contribution in [0.5, 0.6) is 0 Å². The average Bonchev–Trinajstić information content (AvgIpc) is 3.08. The molecular formula is C17H20F2N4O. The van der Waals surface area contributed by atoms with Gasteiger partial charge in [0.25, 0.3) is 5.91 Å². The molecule has 1 fully saturated rings. The molecule has 0 radical (unpaired) electrons. The van der Waals surface area contributed by atoms with Crippen molar-refractivity contribution in [1.82, 2.24) is 20.4 Å². The predicted octanol–water partition coefficient (Wildman–Crippen LogP) is 2.58. The molecule has 0 saturated carbocycles. The molecule has 0 aliphatic carbocycles. The van der Waals surface area contributed by atoms with E-state index in [1.165, 1.54) is 12.1 Å². The molecule has 24 heavy (non-hydrogen) atoms. The fourth-order valence-corrected chi connectivity index (χ4v) is 2.92. The van der Waals surface area contributed by atoms with E-state index in [4.69, 9.17) is 0 Å². The number of carbonyl (C=O) groups excluding carboxylic acids is 1. The molecule has 1 amide bonds. The first kappa shape index (κ1) is 16.6. The number of benzene rings is 1. The number of carbonyl (C=O) groups is 1. The van der Waals surface area contributed by atoms with Crippen molar-refractivity contribution in [3.8, 4) is 0 Å². The Bertz CT molecular complexity index is 725. The van der Waals surface area contributed by atoms with Crippen molar-refractivity contribution in [2.45, 2.75) is 31.8 Å². The minimum absolute atomic E-state index is 0.110. The zero-order chi connectivity index (χ0) is 17.1. The lowest BCUT2D eigenvalue weighted by atomic mass is 10.1. The smallest absolute Gasteiger partial charge is 0.272 e. The molecule has 2 N–H and O–H groups in total. The number of halogens is 2. The van der Waals surface area contributed by atoms with Crippen LogP contribution in [0, 0.1) is 11.6 Å². The highest BCUT2D eigenvalue weighted by atomic mass is 19.2. The molecule has 0 spiro atoms. The first-order chi connectivity index (χ1) is 11.6. The highest BCUT2D eigenvalue weighted by Gasteiger charge is 2.20. The monoisotopic (exact) mass is 334 g/mol. The van der Waals surface area contributed by atoms with Crippen LogP contribution in [0.2, 0.25) is 0 Å². The first-order valence-electron chi connectivity index (χ1n) is 8.07.